The molecule has 2 heterocycles. The van der Waals surface area contributed by atoms with Gasteiger partial charge in [0.2, 0.25) is 0 Å². The largest absolute Gasteiger partial charge is 0.378 e. The maximum Gasteiger partial charge on any atom is 0.255 e. The van der Waals surface area contributed by atoms with Gasteiger partial charge in [0.25, 0.3) is 5.91 Å². The van der Waals surface area contributed by atoms with Crippen LogP contribution >= 0.6 is 0 Å². The molecule has 0 saturated carbocycles. The van der Waals surface area contributed by atoms with Crippen molar-refractivity contribution >= 4 is 23.2 Å². The van der Waals surface area contributed by atoms with Crippen LogP contribution in [0.1, 0.15) is 43.9 Å². The average molecular weight is 431 g/mol. The maximum atomic E-state index is 13.5. The Kier molecular flexibility index (Phi) is 5.87. The van der Waals surface area contributed by atoms with E-state index >= 15 is 0 Å². The summed E-state index contributed by atoms with van der Waals surface area (Å²) in [6.45, 7) is 5.89. The molecule has 2 aliphatic rings. The van der Waals surface area contributed by atoms with Crippen LogP contribution in [0.5, 0.6) is 0 Å². The van der Waals surface area contributed by atoms with E-state index in [2.05, 4.69) is 22.5 Å². The second kappa shape index (κ2) is 8.61. The first-order valence-corrected chi connectivity index (χ1v) is 11.0. The van der Waals surface area contributed by atoms with E-state index in [9.17, 15) is 9.59 Å². The van der Waals surface area contributed by atoms with Crippen LogP contribution in [-0.4, -0.2) is 30.8 Å². The summed E-state index contributed by atoms with van der Waals surface area (Å²) >= 11 is 0. The summed E-state index contributed by atoms with van der Waals surface area (Å²) in [6.07, 6.45) is 1.30. The Labute approximate surface area is 189 Å². The Morgan fingerprint density at radius 3 is 2.47 bits per heavy atom. The van der Waals surface area contributed by atoms with E-state index < -0.39 is 5.92 Å². The SMILES string of the molecule is CC1=C(C(=O)Nc2cccc(C)n2)C(c2ccc(N(C)C)cc2)C2=C(CC(C)CC2=O)N1. The molecule has 0 radical (unpaired) electrons. The third-order valence-corrected chi connectivity index (χ3v) is 6.15. The highest BCUT2D eigenvalue weighted by Gasteiger charge is 2.39. The summed E-state index contributed by atoms with van der Waals surface area (Å²) < 4.78 is 0. The molecule has 0 spiro atoms. The Morgan fingerprint density at radius 1 is 1.09 bits per heavy atom. The Hall–Kier alpha value is -3.41. The molecule has 6 nitrogen and oxygen atoms in total. The lowest BCUT2D eigenvalue weighted by Crippen LogP contribution is -2.37. The second-order valence-corrected chi connectivity index (χ2v) is 9.03. The van der Waals surface area contributed by atoms with Crippen molar-refractivity contribution in [1.82, 2.24) is 10.3 Å². The zero-order valence-corrected chi connectivity index (χ0v) is 19.3. The van der Waals surface area contributed by atoms with Crippen molar-refractivity contribution < 1.29 is 9.59 Å². The minimum atomic E-state index is -0.410. The van der Waals surface area contributed by atoms with Crippen LogP contribution in [0.25, 0.3) is 0 Å². The molecule has 1 aromatic carbocycles. The van der Waals surface area contributed by atoms with Gasteiger partial charge in [0.1, 0.15) is 5.82 Å². The molecule has 32 heavy (non-hydrogen) atoms. The van der Waals surface area contributed by atoms with E-state index in [1.54, 1.807) is 6.07 Å². The van der Waals surface area contributed by atoms with E-state index in [0.717, 1.165) is 34.8 Å². The number of pyridine rings is 1. The van der Waals surface area contributed by atoms with Gasteiger partial charge in [-0.05, 0) is 56.0 Å². The number of carbonyl (C=O) groups excluding carboxylic acids is 2. The molecule has 2 aromatic rings. The number of nitrogens with one attached hydrogen (secondary N) is 2. The molecule has 6 heteroatoms. The Morgan fingerprint density at radius 2 is 1.81 bits per heavy atom. The first kappa shape index (κ1) is 21.8. The molecule has 166 valence electrons. The molecule has 2 N–H and O–H groups in total. The number of amides is 1. The molecular weight excluding hydrogens is 400 g/mol. The number of carbonyl (C=O) groups is 2. The second-order valence-electron chi connectivity index (χ2n) is 9.03. The zero-order valence-electron chi connectivity index (χ0n) is 19.3. The van der Waals surface area contributed by atoms with Crippen LogP contribution in [0.3, 0.4) is 0 Å². The van der Waals surface area contributed by atoms with E-state index in [4.69, 9.17) is 0 Å². The highest BCUT2D eigenvalue weighted by Crippen LogP contribution is 2.43. The molecule has 0 bridgehead atoms. The Balaban J connectivity index is 1.78. The number of rotatable bonds is 4. The molecular formula is C26H30N4O2. The minimum Gasteiger partial charge on any atom is -0.378 e. The predicted molar refractivity (Wildman–Crippen MR) is 127 cm³/mol. The molecule has 1 aliphatic heterocycles. The topological polar surface area (TPSA) is 74.3 Å². The maximum absolute atomic E-state index is 13.5. The molecule has 1 aromatic heterocycles. The highest BCUT2D eigenvalue weighted by atomic mass is 16.2. The number of allylic oxidation sites excluding steroid dienone is 3. The van der Waals surface area contributed by atoms with E-state index in [1.807, 2.05) is 69.2 Å². The van der Waals surface area contributed by atoms with Crippen molar-refractivity contribution in [3.05, 3.63) is 76.3 Å². The lowest BCUT2D eigenvalue weighted by Gasteiger charge is -2.36. The first-order chi connectivity index (χ1) is 15.2. The van der Waals surface area contributed by atoms with Crippen LogP contribution in [0.15, 0.2) is 65.0 Å². The van der Waals surface area contributed by atoms with Crippen molar-refractivity contribution in [2.24, 2.45) is 5.92 Å². The molecule has 0 fully saturated rings. The molecule has 0 saturated heterocycles. The number of aromatic nitrogens is 1. The van der Waals surface area contributed by atoms with Gasteiger partial charge in [0.05, 0.1) is 0 Å². The predicted octanol–water partition coefficient (Wildman–Crippen LogP) is 4.31. The summed E-state index contributed by atoms with van der Waals surface area (Å²) in [5.41, 5.74) is 5.83. The summed E-state index contributed by atoms with van der Waals surface area (Å²) in [7, 11) is 3.98. The standard InChI is InChI=1S/C26H30N4O2/c1-15-13-20-25(21(31)14-15)24(18-9-11-19(12-10-18)30(4)5)23(17(3)28-20)26(32)29-22-8-6-7-16(2)27-22/h6-12,15,24,28H,13-14H2,1-5H3,(H,27,29,32). The summed E-state index contributed by atoms with van der Waals surface area (Å²) in [5.74, 6) is 0.241. The monoisotopic (exact) mass is 430 g/mol. The minimum absolute atomic E-state index is 0.111. The van der Waals surface area contributed by atoms with Crippen molar-refractivity contribution in [3.8, 4) is 0 Å². The number of hydrogen-bond donors (Lipinski definition) is 2. The number of aryl methyl sites for hydroxylation is 1. The van der Waals surface area contributed by atoms with Crippen LogP contribution in [0, 0.1) is 12.8 Å². The third kappa shape index (κ3) is 4.17. The number of hydrogen-bond acceptors (Lipinski definition) is 5. The lowest BCUT2D eigenvalue weighted by molar-refractivity contribution is -0.117. The number of benzene rings is 1. The number of nitrogens with zero attached hydrogens (tertiary/aromatic N) is 2. The fraction of sp³-hybridized carbons (Fsp3) is 0.346. The van der Waals surface area contributed by atoms with Gasteiger partial charge in [-0.25, -0.2) is 4.98 Å². The molecule has 2 atom stereocenters. The van der Waals surface area contributed by atoms with Crippen LogP contribution in [0.2, 0.25) is 0 Å². The van der Waals surface area contributed by atoms with Gasteiger partial charge >= 0.3 is 0 Å². The lowest BCUT2D eigenvalue weighted by atomic mass is 9.73. The number of dihydropyridines is 1. The Bertz CT molecular complexity index is 1130. The molecule has 2 unspecified atom stereocenters. The summed E-state index contributed by atoms with van der Waals surface area (Å²) in [6, 6.07) is 13.6. The van der Waals surface area contributed by atoms with Gasteiger partial charge in [-0.1, -0.05) is 25.1 Å². The number of Topliss-reactive ketones (excluding diaryl/α,β-unsaturated/α-hetero) is 1. The van der Waals surface area contributed by atoms with Crippen LogP contribution < -0.4 is 15.5 Å². The normalized spacial score (nSPS) is 20.6. The summed E-state index contributed by atoms with van der Waals surface area (Å²) in [5, 5.41) is 6.33. The van der Waals surface area contributed by atoms with Crippen molar-refractivity contribution in [1.29, 1.82) is 0 Å². The molecule has 1 amide bonds. The van der Waals surface area contributed by atoms with E-state index in [1.165, 1.54) is 0 Å². The first-order valence-electron chi connectivity index (χ1n) is 11.0. The van der Waals surface area contributed by atoms with Crippen molar-refractivity contribution in [2.45, 2.75) is 39.5 Å². The van der Waals surface area contributed by atoms with Gasteiger partial charge in [0.15, 0.2) is 5.78 Å². The van der Waals surface area contributed by atoms with Gasteiger partial charge in [0, 0.05) is 60.4 Å². The number of anilines is 2. The van der Waals surface area contributed by atoms with Crippen LogP contribution in [-0.2, 0) is 9.59 Å². The van der Waals surface area contributed by atoms with Crippen molar-refractivity contribution in [3.63, 3.8) is 0 Å². The van der Waals surface area contributed by atoms with Gasteiger partial charge in [-0.2, -0.15) is 0 Å². The van der Waals surface area contributed by atoms with Crippen LogP contribution in [0.4, 0.5) is 11.5 Å². The van der Waals surface area contributed by atoms with Gasteiger partial charge in [-0.15, -0.1) is 0 Å². The fourth-order valence-electron chi connectivity index (χ4n) is 4.63. The zero-order chi connectivity index (χ0) is 23.0. The quantitative estimate of drug-likeness (QED) is 0.756. The van der Waals surface area contributed by atoms with Gasteiger partial charge < -0.3 is 15.5 Å². The molecule has 4 rings (SSSR count). The van der Waals surface area contributed by atoms with Crippen molar-refractivity contribution in [2.75, 3.05) is 24.3 Å². The third-order valence-electron chi connectivity index (χ3n) is 6.15. The average Bonchev–Trinajstić information content (AvgIpc) is 2.72. The van der Waals surface area contributed by atoms with Gasteiger partial charge in [-0.3, -0.25) is 9.59 Å². The fourth-order valence-corrected chi connectivity index (χ4v) is 4.63. The van der Waals surface area contributed by atoms with E-state index in [-0.39, 0.29) is 17.6 Å². The smallest absolute Gasteiger partial charge is 0.255 e. The highest BCUT2D eigenvalue weighted by molar-refractivity contribution is 6.09. The molecule has 1 aliphatic carbocycles. The van der Waals surface area contributed by atoms with E-state index in [0.29, 0.717) is 23.4 Å². The summed E-state index contributed by atoms with van der Waals surface area (Å²) in [4.78, 5) is 33.1. The number of ketones is 1.